The average molecular weight is 157 g/mol. The smallest absolute Gasteiger partial charge is 0.304 e. The quantitative estimate of drug-likeness (QED) is 0.447. The fraction of sp³-hybridized carbons (Fsp3) is 0.625. The van der Waals surface area contributed by atoms with E-state index in [1.807, 2.05) is 19.1 Å². The Bertz CT molecular complexity index is 132. The predicted molar refractivity (Wildman–Crippen MR) is 44.6 cm³/mol. The third-order valence-corrected chi connectivity index (χ3v) is 1.24. The highest BCUT2D eigenvalue weighted by atomic mass is 16.4. The van der Waals surface area contributed by atoms with Crippen molar-refractivity contribution in [2.75, 3.05) is 13.1 Å². The van der Waals surface area contributed by atoms with Crippen molar-refractivity contribution in [3.05, 3.63) is 12.2 Å². The summed E-state index contributed by atoms with van der Waals surface area (Å²) in [5, 5.41) is 11.3. The summed E-state index contributed by atoms with van der Waals surface area (Å²) in [6, 6.07) is 0. The van der Waals surface area contributed by atoms with Crippen molar-refractivity contribution in [2.45, 2.75) is 19.8 Å². The molecule has 0 saturated carbocycles. The Labute approximate surface area is 67.1 Å². The second-order valence-corrected chi connectivity index (χ2v) is 2.25. The molecule has 0 fully saturated rings. The van der Waals surface area contributed by atoms with Crippen molar-refractivity contribution < 1.29 is 9.90 Å². The molecule has 0 saturated heterocycles. The zero-order chi connectivity index (χ0) is 8.53. The number of aliphatic carboxylic acids is 1. The molecular weight excluding hydrogens is 142 g/mol. The lowest BCUT2D eigenvalue weighted by molar-refractivity contribution is -0.136. The Kier molecular flexibility index (Phi) is 6.73. The van der Waals surface area contributed by atoms with E-state index < -0.39 is 5.97 Å². The van der Waals surface area contributed by atoms with E-state index in [-0.39, 0.29) is 6.42 Å². The van der Waals surface area contributed by atoms with Crippen LogP contribution in [-0.4, -0.2) is 24.2 Å². The van der Waals surface area contributed by atoms with Crippen LogP contribution in [0.2, 0.25) is 0 Å². The first-order chi connectivity index (χ1) is 5.27. The molecule has 3 heteroatoms. The molecule has 0 heterocycles. The van der Waals surface area contributed by atoms with Gasteiger partial charge < -0.3 is 10.4 Å². The van der Waals surface area contributed by atoms with Gasteiger partial charge in [0, 0.05) is 6.54 Å². The Morgan fingerprint density at radius 3 is 2.82 bits per heavy atom. The monoisotopic (exact) mass is 157 g/mol. The molecule has 3 nitrogen and oxygen atoms in total. The molecule has 2 N–H and O–H groups in total. The lowest BCUT2D eigenvalue weighted by atomic mass is 10.3. The maximum Gasteiger partial charge on any atom is 0.304 e. The lowest BCUT2D eigenvalue weighted by Crippen LogP contribution is -2.18. The number of hydrogen-bond donors (Lipinski definition) is 2. The molecular formula is C8H15NO2. The molecule has 0 spiro atoms. The highest BCUT2D eigenvalue weighted by molar-refractivity contribution is 5.66. The first-order valence-corrected chi connectivity index (χ1v) is 3.81. The van der Waals surface area contributed by atoms with Gasteiger partial charge in [-0.15, -0.1) is 0 Å². The van der Waals surface area contributed by atoms with Crippen LogP contribution in [0.25, 0.3) is 0 Å². The summed E-state index contributed by atoms with van der Waals surface area (Å²) in [5.41, 5.74) is 0. The Morgan fingerprint density at radius 1 is 1.55 bits per heavy atom. The van der Waals surface area contributed by atoms with Crippen molar-refractivity contribution in [1.82, 2.24) is 5.32 Å². The van der Waals surface area contributed by atoms with E-state index in [0.717, 1.165) is 13.0 Å². The topological polar surface area (TPSA) is 49.3 Å². The van der Waals surface area contributed by atoms with Crippen molar-refractivity contribution in [3.63, 3.8) is 0 Å². The molecule has 0 aliphatic rings. The normalized spacial score (nSPS) is 10.6. The Balaban J connectivity index is 2.96. The van der Waals surface area contributed by atoms with E-state index in [2.05, 4.69) is 5.32 Å². The number of hydrogen-bond acceptors (Lipinski definition) is 2. The molecule has 0 rings (SSSR count). The van der Waals surface area contributed by atoms with Crippen LogP contribution in [0.5, 0.6) is 0 Å². The molecule has 64 valence electrons. The van der Waals surface area contributed by atoms with Gasteiger partial charge in [-0.3, -0.25) is 4.79 Å². The second kappa shape index (κ2) is 7.28. The van der Waals surface area contributed by atoms with E-state index in [1.165, 1.54) is 0 Å². The number of rotatable bonds is 6. The summed E-state index contributed by atoms with van der Waals surface area (Å²) in [5.74, 6) is -0.747. The number of carbonyl (C=O) groups is 1. The first-order valence-electron chi connectivity index (χ1n) is 3.81. The number of carboxylic acids is 1. The first kappa shape index (κ1) is 10.2. The molecule has 0 aromatic carbocycles. The van der Waals surface area contributed by atoms with Crippen LogP contribution in [-0.2, 0) is 4.79 Å². The van der Waals surface area contributed by atoms with E-state index in [1.54, 1.807) is 0 Å². The number of carboxylic acid groups (broad SMARTS) is 1. The predicted octanol–water partition coefficient (Wildman–Crippen LogP) is 1.02. The Morgan fingerprint density at radius 2 is 2.27 bits per heavy atom. The molecule has 0 unspecified atom stereocenters. The summed E-state index contributed by atoms with van der Waals surface area (Å²) in [6.45, 7) is 3.39. The van der Waals surface area contributed by atoms with Gasteiger partial charge in [-0.1, -0.05) is 12.2 Å². The van der Waals surface area contributed by atoms with Crippen LogP contribution in [0.1, 0.15) is 19.8 Å². The molecule has 0 aliphatic heterocycles. The summed E-state index contributed by atoms with van der Waals surface area (Å²) >= 11 is 0. The highest BCUT2D eigenvalue weighted by Gasteiger charge is 1.93. The molecule has 11 heavy (non-hydrogen) atoms. The molecule has 0 aromatic rings. The lowest BCUT2D eigenvalue weighted by Gasteiger charge is -1.98. The van der Waals surface area contributed by atoms with Gasteiger partial charge in [-0.05, 0) is 19.9 Å². The van der Waals surface area contributed by atoms with E-state index >= 15 is 0 Å². The van der Waals surface area contributed by atoms with Gasteiger partial charge in [0.2, 0.25) is 0 Å². The summed E-state index contributed by atoms with van der Waals surface area (Å²) < 4.78 is 0. The van der Waals surface area contributed by atoms with Gasteiger partial charge in [-0.2, -0.15) is 0 Å². The van der Waals surface area contributed by atoms with E-state index in [0.29, 0.717) is 6.54 Å². The minimum atomic E-state index is -0.747. The molecule has 0 aromatic heterocycles. The summed E-state index contributed by atoms with van der Waals surface area (Å²) in [7, 11) is 0. The van der Waals surface area contributed by atoms with Gasteiger partial charge in [0.25, 0.3) is 0 Å². The van der Waals surface area contributed by atoms with Crippen LogP contribution in [0.3, 0.4) is 0 Å². The fourth-order valence-corrected chi connectivity index (χ4v) is 0.672. The third-order valence-electron chi connectivity index (χ3n) is 1.24. The number of allylic oxidation sites excluding steroid dienone is 1. The van der Waals surface area contributed by atoms with Crippen LogP contribution in [0, 0.1) is 0 Å². The van der Waals surface area contributed by atoms with Crippen LogP contribution in [0.4, 0.5) is 0 Å². The second-order valence-electron chi connectivity index (χ2n) is 2.25. The highest BCUT2D eigenvalue weighted by Crippen LogP contribution is 1.80. The minimum Gasteiger partial charge on any atom is -0.481 e. The van der Waals surface area contributed by atoms with Crippen molar-refractivity contribution in [3.8, 4) is 0 Å². The van der Waals surface area contributed by atoms with Crippen LogP contribution >= 0.6 is 0 Å². The van der Waals surface area contributed by atoms with Gasteiger partial charge in [0.05, 0.1) is 6.42 Å². The largest absolute Gasteiger partial charge is 0.481 e. The summed E-state index contributed by atoms with van der Waals surface area (Å²) in [6.07, 6.45) is 5.21. The van der Waals surface area contributed by atoms with Gasteiger partial charge >= 0.3 is 5.97 Å². The summed E-state index contributed by atoms with van der Waals surface area (Å²) in [4.78, 5) is 10.0. The van der Waals surface area contributed by atoms with Crippen molar-refractivity contribution >= 4 is 5.97 Å². The molecule has 0 radical (unpaired) electrons. The average Bonchev–Trinajstić information content (AvgIpc) is 1.96. The fourth-order valence-electron chi connectivity index (χ4n) is 0.672. The number of nitrogens with one attached hydrogen (secondary N) is 1. The zero-order valence-corrected chi connectivity index (χ0v) is 6.84. The van der Waals surface area contributed by atoms with E-state index in [4.69, 9.17) is 5.11 Å². The maximum absolute atomic E-state index is 10.0. The van der Waals surface area contributed by atoms with E-state index in [9.17, 15) is 4.79 Å². The minimum absolute atomic E-state index is 0.204. The zero-order valence-electron chi connectivity index (χ0n) is 6.84. The van der Waals surface area contributed by atoms with Gasteiger partial charge in [0.1, 0.15) is 0 Å². The van der Waals surface area contributed by atoms with Crippen LogP contribution < -0.4 is 5.32 Å². The molecule has 0 aliphatic carbocycles. The Hall–Kier alpha value is -0.830. The molecule has 0 amide bonds. The van der Waals surface area contributed by atoms with Crippen LogP contribution in [0.15, 0.2) is 12.2 Å². The SMILES string of the molecule is C/C=C/CCNCCC(=O)O. The maximum atomic E-state index is 10.0. The molecule has 0 atom stereocenters. The van der Waals surface area contributed by atoms with Crippen molar-refractivity contribution in [1.29, 1.82) is 0 Å². The van der Waals surface area contributed by atoms with Gasteiger partial charge in [0.15, 0.2) is 0 Å². The van der Waals surface area contributed by atoms with Gasteiger partial charge in [-0.25, -0.2) is 0 Å². The van der Waals surface area contributed by atoms with Crippen molar-refractivity contribution in [2.24, 2.45) is 0 Å². The molecule has 0 bridgehead atoms. The third kappa shape index (κ3) is 9.17. The standard InChI is InChI=1S/C8H15NO2/c1-2-3-4-6-9-7-5-8(10)11/h2-3,9H,4-7H2,1H3,(H,10,11)/b3-2+.